The smallest absolute Gasteiger partial charge is 0.335 e. The zero-order valence-electron chi connectivity index (χ0n) is 12.2. The second-order valence-electron chi connectivity index (χ2n) is 6.35. The van der Waals surface area contributed by atoms with E-state index in [4.69, 9.17) is 0 Å². The molecular formula is C17H22O2. The van der Waals surface area contributed by atoms with E-state index in [1.165, 1.54) is 5.57 Å². The highest BCUT2D eigenvalue weighted by molar-refractivity contribution is 5.88. The summed E-state index contributed by atoms with van der Waals surface area (Å²) in [5.74, 6) is -0.528. The van der Waals surface area contributed by atoms with E-state index in [0.29, 0.717) is 11.5 Å². The van der Waals surface area contributed by atoms with Gasteiger partial charge >= 0.3 is 5.97 Å². The van der Waals surface area contributed by atoms with Crippen molar-refractivity contribution in [2.45, 2.75) is 46.5 Å². The van der Waals surface area contributed by atoms with Crippen molar-refractivity contribution in [3.05, 3.63) is 46.5 Å². The monoisotopic (exact) mass is 258 g/mol. The van der Waals surface area contributed by atoms with Gasteiger partial charge < -0.3 is 5.11 Å². The summed E-state index contributed by atoms with van der Waals surface area (Å²) in [7, 11) is 0. The van der Waals surface area contributed by atoms with E-state index < -0.39 is 5.97 Å². The molecule has 0 saturated heterocycles. The van der Waals surface area contributed by atoms with Gasteiger partial charge in [-0.05, 0) is 55.4 Å². The number of rotatable bonds is 2. The van der Waals surface area contributed by atoms with Crippen molar-refractivity contribution in [3.8, 4) is 0 Å². The lowest BCUT2D eigenvalue weighted by atomic mass is 9.65. The van der Waals surface area contributed by atoms with Crippen LogP contribution in [0.4, 0.5) is 0 Å². The van der Waals surface area contributed by atoms with Crippen molar-refractivity contribution in [2.75, 3.05) is 0 Å². The number of benzene rings is 1. The molecule has 1 aromatic rings. The molecule has 102 valence electrons. The first-order valence-corrected chi connectivity index (χ1v) is 6.83. The summed E-state index contributed by atoms with van der Waals surface area (Å²) in [6.45, 7) is 8.67. The van der Waals surface area contributed by atoms with Crippen LogP contribution < -0.4 is 0 Å². The van der Waals surface area contributed by atoms with Crippen LogP contribution in [0, 0.1) is 12.3 Å². The normalized spacial score (nSPS) is 21.9. The lowest BCUT2D eigenvalue weighted by Gasteiger charge is -2.39. The fourth-order valence-corrected chi connectivity index (χ4v) is 3.37. The molecule has 0 fully saturated rings. The van der Waals surface area contributed by atoms with Gasteiger partial charge in [0.2, 0.25) is 0 Å². The van der Waals surface area contributed by atoms with Crippen molar-refractivity contribution < 1.29 is 9.90 Å². The molecule has 1 aliphatic rings. The Morgan fingerprint density at radius 2 is 1.95 bits per heavy atom. The van der Waals surface area contributed by atoms with Gasteiger partial charge in [0.05, 0.1) is 5.56 Å². The van der Waals surface area contributed by atoms with Crippen molar-refractivity contribution >= 4 is 5.97 Å². The molecule has 1 aliphatic carbocycles. The summed E-state index contributed by atoms with van der Waals surface area (Å²) in [6, 6.07) is 5.70. The molecule has 2 rings (SSSR count). The van der Waals surface area contributed by atoms with E-state index in [2.05, 4.69) is 32.9 Å². The average molecular weight is 258 g/mol. The SMILES string of the molecule is CC1=CCCC(C)(C)C1c1cc(C)cc(C(=O)O)c1. The molecule has 2 nitrogen and oxygen atoms in total. The zero-order chi connectivity index (χ0) is 14.2. The third-order valence-corrected chi connectivity index (χ3v) is 4.17. The van der Waals surface area contributed by atoms with Crippen LogP contribution in [0.1, 0.15) is 61.0 Å². The minimum absolute atomic E-state index is 0.183. The molecule has 1 atom stereocenters. The highest BCUT2D eigenvalue weighted by atomic mass is 16.4. The molecule has 0 bridgehead atoms. The molecular weight excluding hydrogens is 236 g/mol. The van der Waals surface area contributed by atoms with Crippen molar-refractivity contribution in [3.63, 3.8) is 0 Å². The molecule has 19 heavy (non-hydrogen) atoms. The molecule has 0 radical (unpaired) electrons. The fraction of sp³-hybridized carbons (Fsp3) is 0.471. The van der Waals surface area contributed by atoms with Gasteiger partial charge in [0.1, 0.15) is 0 Å². The van der Waals surface area contributed by atoms with Gasteiger partial charge in [-0.1, -0.05) is 31.6 Å². The van der Waals surface area contributed by atoms with Crippen LogP contribution in [0.15, 0.2) is 29.8 Å². The number of carbonyl (C=O) groups is 1. The number of hydrogen-bond donors (Lipinski definition) is 1. The van der Waals surface area contributed by atoms with E-state index in [1.807, 2.05) is 13.0 Å². The molecule has 0 heterocycles. The van der Waals surface area contributed by atoms with Crippen LogP contribution in [0.5, 0.6) is 0 Å². The maximum Gasteiger partial charge on any atom is 0.335 e. The molecule has 1 N–H and O–H groups in total. The van der Waals surface area contributed by atoms with E-state index in [1.54, 1.807) is 6.07 Å². The third-order valence-electron chi connectivity index (χ3n) is 4.17. The Hall–Kier alpha value is -1.57. The van der Waals surface area contributed by atoms with Gasteiger partial charge in [-0.3, -0.25) is 0 Å². The van der Waals surface area contributed by atoms with Crippen molar-refractivity contribution in [1.29, 1.82) is 0 Å². The highest BCUT2D eigenvalue weighted by Crippen LogP contribution is 2.47. The second kappa shape index (κ2) is 4.84. The average Bonchev–Trinajstić information content (AvgIpc) is 2.26. The molecule has 1 unspecified atom stereocenters. The number of allylic oxidation sites excluding steroid dienone is 2. The number of aromatic carboxylic acids is 1. The number of hydrogen-bond acceptors (Lipinski definition) is 1. The third kappa shape index (κ3) is 2.73. The summed E-state index contributed by atoms with van der Waals surface area (Å²) < 4.78 is 0. The Morgan fingerprint density at radius 3 is 2.53 bits per heavy atom. The van der Waals surface area contributed by atoms with Crippen molar-refractivity contribution in [1.82, 2.24) is 0 Å². The standard InChI is InChI=1S/C17H22O2/c1-11-8-13(10-14(9-11)16(18)19)15-12(2)6-5-7-17(15,3)4/h6,8-10,15H,5,7H2,1-4H3,(H,18,19). The Kier molecular flexibility index (Phi) is 3.53. The van der Waals surface area contributed by atoms with Crippen LogP contribution in [0.2, 0.25) is 0 Å². The van der Waals surface area contributed by atoms with Gasteiger partial charge in [-0.2, -0.15) is 0 Å². The van der Waals surface area contributed by atoms with Gasteiger partial charge in [0.15, 0.2) is 0 Å². The Labute approximate surface area is 115 Å². The predicted molar refractivity (Wildman–Crippen MR) is 77.7 cm³/mol. The molecule has 0 aliphatic heterocycles. The van der Waals surface area contributed by atoms with E-state index in [9.17, 15) is 9.90 Å². The van der Waals surface area contributed by atoms with E-state index >= 15 is 0 Å². The molecule has 0 aromatic heterocycles. The summed E-state index contributed by atoms with van der Waals surface area (Å²) in [6.07, 6.45) is 4.55. The molecule has 0 saturated carbocycles. The topological polar surface area (TPSA) is 37.3 Å². The lowest BCUT2D eigenvalue weighted by molar-refractivity contribution is 0.0696. The van der Waals surface area contributed by atoms with Crippen LogP contribution in [-0.4, -0.2) is 11.1 Å². The molecule has 0 amide bonds. The Morgan fingerprint density at radius 1 is 1.26 bits per heavy atom. The van der Waals surface area contributed by atoms with E-state index in [-0.39, 0.29) is 5.41 Å². The second-order valence-corrected chi connectivity index (χ2v) is 6.35. The van der Waals surface area contributed by atoms with Gasteiger partial charge in [-0.25, -0.2) is 4.79 Å². The van der Waals surface area contributed by atoms with Crippen LogP contribution in [0.25, 0.3) is 0 Å². The van der Waals surface area contributed by atoms with Crippen molar-refractivity contribution in [2.24, 2.45) is 5.41 Å². The van der Waals surface area contributed by atoms with Gasteiger partial charge in [0.25, 0.3) is 0 Å². The number of carboxylic acids is 1. The molecule has 0 spiro atoms. The first kappa shape index (κ1) is 13.9. The van der Waals surface area contributed by atoms with Crippen LogP contribution in [-0.2, 0) is 0 Å². The summed E-state index contributed by atoms with van der Waals surface area (Å²) in [5.41, 5.74) is 4.09. The maximum absolute atomic E-state index is 11.2. The minimum atomic E-state index is -0.847. The maximum atomic E-state index is 11.2. The Bertz CT molecular complexity index is 538. The fourth-order valence-electron chi connectivity index (χ4n) is 3.37. The molecule has 1 aromatic carbocycles. The first-order valence-electron chi connectivity index (χ1n) is 6.83. The minimum Gasteiger partial charge on any atom is -0.478 e. The number of aryl methyl sites for hydroxylation is 1. The largest absolute Gasteiger partial charge is 0.478 e. The van der Waals surface area contributed by atoms with Crippen LogP contribution in [0.3, 0.4) is 0 Å². The quantitative estimate of drug-likeness (QED) is 0.790. The summed E-state index contributed by atoms with van der Waals surface area (Å²) in [5, 5.41) is 9.21. The van der Waals surface area contributed by atoms with E-state index in [0.717, 1.165) is 24.0 Å². The molecule has 2 heteroatoms. The summed E-state index contributed by atoms with van der Waals surface area (Å²) in [4.78, 5) is 11.2. The Balaban J connectivity index is 2.53. The predicted octanol–water partition coefficient (Wildman–Crippen LogP) is 4.54. The van der Waals surface area contributed by atoms with Crippen LogP contribution >= 0.6 is 0 Å². The number of carboxylic acid groups (broad SMARTS) is 1. The summed E-state index contributed by atoms with van der Waals surface area (Å²) >= 11 is 0. The zero-order valence-corrected chi connectivity index (χ0v) is 12.2. The first-order chi connectivity index (χ1) is 8.81. The van der Waals surface area contributed by atoms with Gasteiger partial charge in [0, 0.05) is 5.92 Å². The lowest BCUT2D eigenvalue weighted by Crippen LogP contribution is -2.26. The highest BCUT2D eigenvalue weighted by Gasteiger charge is 2.34. The van der Waals surface area contributed by atoms with Gasteiger partial charge in [-0.15, -0.1) is 0 Å².